The standard InChI is InChI=1S/C23H24FN5O4/c1-15(13-24)32-18-10-16(22(30)26-21-6-9-28(2)27-21)11-19(12-18)33-17-4-5-20(25-14-17)23(31)29-7-3-8-29/h4-6,9-12,14-15H,3,7-8,13H2,1-2H3,(H,26,27,30). The molecule has 0 spiro atoms. The summed E-state index contributed by atoms with van der Waals surface area (Å²) in [6.45, 7) is 2.38. The van der Waals surface area contributed by atoms with E-state index < -0.39 is 18.7 Å². The van der Waals surface area contributed by atoms with Gasteiger partial charge in [-0.3, -0.25) is 14.3 Å². The fourth-order valence-corrected chi connectivity index (χ4v) is 3.15. The van der Waals surface area contributed by atoms with Crippen molar-refractivity contribution in [2.45, 2.75) is 19.4 Å². The average Bonchev–Trinajstić information content (AvgIpc) is 3.17. The predicted octanol–water partition coefficient (Wildman–Crippen LogP) is 3.44. The molecule has 2 aromatic heterocycles. The largest absolute Gasteiger partial charge is 0.488 e. The van der Waals surface area contributed by atoms with Gasteiger partial charge in [0.25, 0.3) is 11.8 Å². The highest BCUT2D eigenvalue weighted by atomic mass is 19.1. The molecular formula is C23H24FN5O4. The molecule has 10 heteroatoms. The number of carbonyl (C=O) groups is 2. The highest BCUT2D eigenvalue weighted by Gasteiger charge is 2.22. The first kappa shape index (κ1) is 22.3. The van der Waals surface area contributed by atoms with E-state index in [2.05, 4.69) is 15.4 Å². The lowest BCUT2D eigenvalue weighted by Gasteiger charge is -2.30. The summed E-state index contributed by atoms with van der Waals surface area (Å²) in [5.41, 5.74) is 0.586. The van der Waals surface area contributed by atoms with E-state index in [1.165, 1.54) is 18.3 Å². The Bertz CT molecular complexity index is 1140. The van der Waals surface area contributed by atoms with Crippen LogP contribution in [0.4, 0.5) is 10.2 Å². The number of carbonyl (C=O) groups excluding carboxylic acids is 2. The number of aromatic nitrogens is 3. The summed E-state index contributed by atoms with van der Waals surface area (Å²) in [6, 6.07) is 9.48. The summed E-state index contributed by atoms with van der Waals surface area (Å²) in [5, 5.41) is 6.82. The molecule has 0 saturated carbocycles. The molecule has 1 unspecified atom stereocenters. The van der Waals surface area contributed by atoms with Gasteiger partial charge in [-0.05, 0) is 37.6 Å². The average molecular weight is 453 g/mol. The van der Waals surface area contributed by atoms with Crippen molar-refractivity contribution in [2.24, 2.45) is 7.05 Å². The van der Waals surface area contributed by atoms with Crippen molar-refractivity contribution >= 4 is 17.6 Å². The molecule has 1 aromatic carbocycles. The minimum absolute atomic E-state index is 0.114. The smallest absolute Gasteiger partial charge is 0.272 e. The Morgan fingerprint density at radius 1 is 1.15 bits per heavy atom. The number of ether oxygens (including phenoxy) is 2. The second kappa shape index (κ2) is 9.68. The first-order valence-corrected chi connectivity index (χ1v) is 10.5. The number of aryl methyl sites for hydroxylation is 1. The van der Waals surface area contributed by atoms with Gasteiger partial charge in [0.2, 0.25) is 0 Å². The van der Waals surface area contributed by atoms with E-state index in [9.17, 15) is 14.0 Å². The summed E-state index contributed by atoms with van der Waals surface area (Å²) in [7, 11) is 1.74. The number of hydrogen-bond donors (Lipinski definition) is 1. The Kier molecular flexibility index (Phi) is 6.53. The third-order valence-electron chi connectivity index (χ3n) is 4.99. The normalized spacial score (nSPS) is 13.7. The number of likely N-dealkylation sites (tertiary alicyclic amines) is 1. The van der Waals surface area contributed by atoms with Crippen LogP contribution in [0.15, 0.2) is 48.8 Å². The number of rotatable bonds is 8. The van der Waals surface area contributed by atoms with Gasteiger partial charge in [-0.2, -0.15) is 5.10 Å². The fraction of sp³-hybridized carbons (Fsp3) is 0.304. The second-order valence-corrected chi connectivity index (χ2v) is 7.73. The Morgan fingerprint density at radius 3 is 2.55 bits per heavy atom. The van der Waals surface area contributed by atoms with Crippen LogP contribution >= 0.6 is 0 Å². The van der Waals surface area contributed by atoms with Crippen LogP contribution in [0.2, 0.25) is 0 Å². The van der Waals surface area contributed by atoms with Crippen molar-refractivity contribution < 1.29 is 23.5 Å². The maximum Gasteiger partial charge on any atom is 0.272 e. The fourth-order valence-electron chi connectivity index (χ4n) is 3.15. The number of nitrogens with one attached hydrogen (secondary N) is 1. The number of hydrogen-bond acceptors (Lipinski definition) is 6. The van der Waals surface area contributed by atoms with Crippen LogP contribution in [-0.2, 0) is 7.05 Å². The minimum atomic E-state index is -0.694. The Labute approximate surface area is 190 Å². The van der Waals surface area contributed by atoms with Gasteiger partial charge in [0.05, 0.1) is 6.20 Å². The highest BCUT2D eigenvalue weighted by molar-refractivity contribution is 6.04. The minimum Gasteiger partial charge on any atom is -0.488 e. The highest BCUT2D eigenvalue weighted by Crippen LogP contribution is 2.29. The number of alkyl halides is 1. The van der Waals surface area contributed by atoms with Crippen LogP contribution < -0.4 is 14.8 Å². The molecule has 4 rings (SSSR count). The van der Waals surface area contributed by atoms with Gasteiger partial charge >= 0.3 is 0 Å². The number of pyridine rings is 1. The van der Waals surface area contributed by atoms with Crippen LogP contribution in [0.5, 0.6) is 17.2 Å². The molecule has 1 fully saturated rings. The van der Waals surface area contributed by atoms with E-state index in [0.717, 1.165) is 19.5 Å². The van der Waals surface area contributed by atoms with Crippen molar-refractivity contribution in [3.63, 3.8) is 0 Å². The van der Waals surface area contributed by atoms with Gasteiger partial charge in [-0.15, -0.1) is 0 Å². The summed E-state index contributed by atoms with van der Waals surface area (Å²) in [6.07, 6.45) is 3.46. The Morgan fingerprint density at radius 2 is 1.94 bits per heavy atom. The maximum atomic E-state index is 13.0. The lowest BCUT2D eigenvalue weighted by molar-refractivity contribution is 0.0645. The van der Waals surface area contributed by atoms with E-state index in [0.29, 0.717) is 23.0 Å². The SMILES string of the molecule is CC(CF)Oc1cc(Oc2ccc(C(=O)N3CCC3)nc2)cc(C(=O)Nc2ccn(C)n2)c1. The zero-order chi connectivity index (χ0) is 23.4. The summed E-state index contributed by atoms with van der Waals surface area (Å²) >= 11 is 0. The molecule has 2 amide bonds. The van der Waals surface area contributed by atoms with E-state index in [1.807, 2.05) is 0 Å². The molecule has 1 aliphatic heterocycles. The molecule has 0 radical (unpaired) electrons. The number of amides is 2. The first-order valence-electron chi connectivity index (χ1n) is 10.5. The van der Waals surface area contributed by atoms with Crippen LogP contribution in [0.25, 0.3) is 0 Å². The summed E-state index contributed by atoms with van der Waals surface area (Å²) in [4.78, 5) is 30.9. The topological polar surface area (TPSA) is 98.6 Å². The molecule has 1 atom stereocenters. The number of halogens is 1. The molecule has 0 aliphatic carbocycles. The molecular weight excluding hydrogens is 429 g/mol. The molecule has 33 heavy (non-hydrogen) atoms. The van der Waals surface area contributed by atoms with E-state index in [1.54, 1.807) is 54.0 Å². The third kappa shape index (κ3) is 5.46. The zero-order valence-corrected chi connectivity index (χ0v) is 18.3. The van der Waals surface area contributed by atoms with Gasteiger partial charge in [-0.1, -0.05) is 0 Å². The number of benzene rings is 1. The van der Waals surface area contributed by atoms with Crippen LogP contribution in [0, 0.1) is 0 Å². The lowest BCUT2D eigenvalue weighted by atomic mass is 10.2. The Balaban J connectivity index is 1.54. The monoisotopic (exact) mass is 453 g/mol. The molecule has 3 aromatic rings. The van der Waals surface area contributed by atoms with E-state index >= 15 is 0 Å². The first-order chi connectivity index (χ1) is 15.9. The molecule has 9 nitrogen and oxygen atoms in total. The quantitative estimate of drug-likeness (QED) is 0.561. The molecule has 3 heterocycles. The van der Waals surface area contributed by atoms with Gasteiger partial charge in [0, 0.05) is 44.0 Å². The summed E-state index contributed by atoms with van der Waals surface area (Å²) < 4.78 is 26.0. The maximum absolute atomic E-state index is 13.0. The number of nitrogens with zero attached hydrogens (tertiary/aromatic N) is 4. The van der Waals surface area contributed by atoms with Crippen LogP contribution in [0.3, 0.4) is 0 Å². The van der Waals surface area contributed by atoms with Crippen molar-refractivity contribution in [3.8, 4) is 17.2 Å². The predicted molar refractivity (Wildman–Crippen MR) is 118 cm³/mol. The van der Waals surface area contributed by atoms with Crippen molar-refractivity contribution in [2.75, 3.05) is 25.1 Å². The van der Waals surface area contributed by atoms with Crippen molar-refractivity contribution in [3.05, 3.63) is 60.0 Å². The molecule has 1 aliphatic rings. The van der Waals surface area contributed by atoms with Gasteiger partial charge in [0.1, 0.15) is 35.7 Å². The van der Waals surface area contributed by atoms with Crippen molar-refractivity contribution in [1.82, 2.24) is 19.7 Å². The van der Waals surface area contributed by atoms with Gasteiger partial charge in [-0.25, -0.2) is 9.37 Å². The lowest BCUT2D eigenvalue weighted by Crippen LogP contribution is -2.42. The van der Waals surface area contributed by atoms with Crippen LogP contribution in [0.1, 0.15) is 34.2 Å². The summed E-state index contributed by atoms with van der Waals surface area (Å²) in [5.74, 6) is 0.805. The number of anilines is 1. The molecule has 1 saturated heterocycles. The Hall–Kier alpha value is -3.95. The van der Waals surface area contributed by atoms with E-state index in [-0.39, 0.29) is 17.2 Å². The second-order valence-electron chi connectivity index (χ2n) is 7.73. The van der Waals surface area contributed by atoms with Gasteiger partial charge in [0.15, 0.2) is 5.82 Å². The van der Waals surface area contributed by atoms with Crippen LogP contribution in [-0.4, -0.2) is 57.3 Å². The van der Waals surface area contributed by atoms with E-state index in [4.69, 9.17) is 9.47 Å². The van der Waals surface area contributed by atoms with Gasteiger partial charge < -0.3 is 19.7 Å². The third-order valence-corrected chi connectivity index (χ3v) is 4.99. The zero-order valence-electron chi connectivity index (χ0n) is 18.3. The van der Waals surface area contributed by atoms with Crippen molar-refractivity contribution in [1.29, 1.82) is 0 Å². The molecule has 1 N–H and O–H groups in total. The molecule has 172 valence electrons. The molecule has 0 bridgehead atoms.